The van der Waals surface area contributed by atoms with E-state index in [1.165, 1.54) is 43.6 Å². The summed E-state index contributed by atoms with van der Waals surface area (Å²) in [5.74, 6) is 0. The molecule has 0 radical (unpaired) electrons. The van der Waals surface area contributed by atoms with Crippen LogP contribution >= 0.6 is 0 Å². The van der Waals surface area contributed by atoms with Gasteiger partial charge in [-0.05, 0) is 90.0 Å². The number of rotatable bonds is 3. The standard InChI is InChI=1S/C48H28N2O2/c1-5-16-41-33(12-1)34-13-2-6-17-42(34)49(41)31-11-9-10-29(26-31)30-20-22-37-38-23-24-39-40-28-32(21-25-45(40)51-48(39)47(38)52-46(37)27-30)50-43-18-7-3-14-35(43)36-15-4-8-19-44(36)50/h1-28H. The van der Waals surface area contributed by atoms with E-state index < -0.39 is 0 Å². The molecule has 0 saturated heterocycles. The molecule has 4 aromatic heterocycles. The molecule has 52 heavy (non-hydrogen) atoms. The van der Waals surface area contributed by atoms with Crippen LogP contribution in [0.3, 0.4) is 0 Å². The monoisotopic (exact) mass is 664 g/mol. The van der Waals surface area contributed by atoms with Gasteiger partial charge in [0.15, 0.2) is 11.2 Å². The zero-order valence-electron chi connectivity index (χ0n) is 27.9. The van der Waals surface area contributed by atoms with Crippen molar-refractivity contribution < 1.29 is 8.83 Å². The molecule has 0 amide bonds. The average Bonchev–Trinajstić information content (AvgIpc) is 3.95. The molecule has 0 aliphatic rings. The summed E-state index contributed by atoms with van der Waals surface area (Å²) in [4.78, 5) is 0. The third-order valence-corrected chi connectivity index (χ3v) is 10.9. The van der Waals surface area contributed by atoms with E-state index in [0.717, 1.165) is 66.4 Å². The molecule has 242 valence electrons. The zero-order chi connectivity index (χ0) is 33.9. The number of hydrogen-bond acceptors (Lipinski definition) is 2. The highest BCUT2D eigenvalue weighted by Crippen LogP contribution is 2.41. The number of fused-ring (bicyclic) bond motifs is 13. The number of furan rings is 2. The molecule has 4 heteroatoms. The second-order valence-corrected chi connectivity index (χ2v) is 13.7. The summed E-state index contributed by atoms with van der Waals surface area (Å²) in [6.07, 6.45) is 0. The highest BCUT2D eigenvalue weighted by molar-refractivity contribution is 6.19. The molecule has 0 N–H and O–H groups in total. The number of nitrogens with zero attached hydrogens (tertiary/aromatic N) is 2. The number of aromatic nitrogens is 2. The lowest BCUT2D eigenvalue weighted by Gasteiger charge is -2.10. The number of hydrogen-bond donors (Lipinski definition) is 0. The van der Waals surface area contributed by atoms with Gasteiger partial charge in [0.25, 0.3) is 0 Å². The fraction of sp³-hybridized carbons (Fsp3) is 0. The molecule has 12 aromatic rings. The van der Waals surface area contributed by atoms with Crippen molar-refractivity contribution in [3.05, 3.63) is 170 Å². The second kappa shape index (κ2) is 10.3. The van der Waals surface area contributed by atoms with Gasteiger partial charge in [-0.2, -0.15) is 0 Å². The van der Waals surface area contributed by atoms with Crippen LogP contribution < -0.4 is 0 Å². The van der Waals surface area contributed by atoms with Gasteiger partial charge in [-0.25, -0.2) is 0 Å². The Kier molecular flexibility index (Phi) is 5.47. The minimum absolute atomic E-state index is 0.776. The largest absolute Gasteiger partial charge is 0.452 e. The van der Waals surface area contributed by atoms with Crippen molar-refractivity contribution in [3.8, 4) is 22.5 Å². The summed E-state index contributed by atoms with van der Waals surface area (Å²) in [5.41, 5.74) is 12.5. The number of benzene rings is 8. The summed E-state index contributed by atoms with van der Waals surface area (Å²) in [7, 11) is 0. The molecule has 0 unspecified atom stereocenters. The third-order valence-electron chi connectivity index (χ3n) is 10.9. The SMILES string of the molecule is c1cc(-c2ccc3c(c2)oc2c3ccc3c4cc(-n5c6ccccc6c6ccccc65)ccc4oc32)cc(-n2c3ccccc3c3ccccc32)c1. The van der Waals surface area contributed by atoms with Crippen molar-refractivity contribution in [1.82, 2.24) is 9.13 Å². The van der Waals surface area contributed by atoms with E-state index in [-0.39, 0.29) is 0 Å². The highest BCUT2D eigenvalue weighted by atomic mass is 16.4. The van der Waals surface area contributed by atoms with Gasteiger partial charge >= 0.3 is 0 Å². The fourth-order valence-corrected chi connectivity index (χ4v) is 8.60. The quantitative estimate of drug-likeness (QED) is 0.188. The van der Waals surface area contributed by atoms with E-state index >= 15 is 0 Å². The molecule has 0 bridgehead atoms. The van der Waals surface area contributed by atoms with E-state index in [9.17, 15) is 0 Å². The topological polar surface area (TPSA) is 36.1 Å². The molecule has 4 heterocycles. The van der Waals surface area contributed by atoms with Crippen molar-refractivity contribution in [3.63, 3.8) is 0 Å². The van der Waals surface area contributed by atoms with Crippen LogP contribution in [0, 0.1) is 0 Å². The molecule has 4 nitrogen and oxygen atoms in total. The average molecular weight is 665 g/mol. The summed E-state index contributed by atoms with van der Waals surface area (Å²) in [6.45, 7) is 0. The van der Waals surface area contributed by atoms with Crippen LogP contribution in [0.25, 0.3) is 110 Å². The molecular formula is C48H28N2O2. The lowest BCUT2D eigenvalue weighted by molar-refractivity contribution is 0.633. The van der Waals surface area contributed by atoms with E-state index in [2.05, 4.69) is 179 Å². The van der Waals surface area contributed by atoms with Crippen LogP contribution in [0.2, 0.25) is 0 Å². The lowest BCUT2D eigenvalue weighted by Crippen LogP contribution is -1.94. The van der Waals surface area contributed by atoms with Gasteiger partial charge in [-0.1, -0.05) is 91.0 Å². The molecule has 0 aliphatic carbocycles. The molecule has 0 saturated carbocycles. The molecule has 0 fully saturated rings. The third kappa shape index (κ3) is 3.75. The first kappa shape index (κ1) is 27.7. The van der Waals surface area contributed by atoms with Gasteiger partial charge in [0, 0.05) is 54.5 Å². The first-order chi connectivity index (χ1) is 25.8. The molecule has 12 rings (SSSR count). The van der Waals surface area contributed by atoms with Crippen LogP contribution in [0.4, 0.5) is 0 Å². The Morgan fingerprint density at radius 3 is 1.37 bits per heavy atom. The first-order valence-electron chi connectivity index (χ1n) is 17.7. The Morgan fingerprint density at radius 1 is 0.288 bits per heavy atom. The first-order valence-corrected chi connectivity index (χ1v) is 17.7. The maximum atomic E-state index is 6.69. The van der Waals surface area contributed by atoms with Crippen LogP contribution in [0.15, 0.2) is 179 Å². The van der Waals surface area contributed by atoms with E-state index in [4.69, 9.17) is 8.83 Å². The van der Waals surface area contributed by atoms with Crippen LogP contribution in [-0.4, -0.2) is 9.13 Å². The van der Waals surface area contributed by atoms with Crippen molar-refractivity contribution in [1.29, 1.82) is 0 Å². The normalized spacial score (nSPS) is 12.2. The smallest absolute Gasteiger partial charge is 0.178 e. The summed E-state index contributed by atoms with van der Waals surface area (Å²) >= 11 is 0. The number of para-hydroxylation sites is 4. The van der Waals surface area contributed by atoms with E-state index in [1.807, 2.05) is 0 Å². The van der Waals surface area contributed by atoms with E-state index in [1.54, 1.807) is 0 Å². The van der Waals surface area contributed by atoms with E-state index in [0.29, 0.717) is 0 Å². The summed E-state index contributed by atoms with van der Waals surface area (Å²) in [5, 5.41) is 9.25. The van der Waals surface area contributed by atoms with Gasteiger partial charge in [-0.3, -0.25) is 0 Å². The van der Waals surface area contributed by atoms with Crippen LogP contribution in [-0.2, 0) is 0 Å². The molecule has 8 aromatic carbocycles. The van der Waals surface area contributed by atoms with Crippen molar-refractivity contribution in [2.24, 2.45) is 0 Å². The van der Waals surface area contributed by atoms with Gasteiger partial charge in [-0.15, -0.1) is 0 Å². The molecule has 0 atom stereocenters. The summed E-state index contributed by atoms with van der Waals surface area (Å²) < 4.78 is 18.0. The minimum Gasteiger partial charge on any atom is -0.452 e. The van der Waals surface area contributed by atoms with Crippen LogP contribution in [0.1, 0.15) is 0 Å². The Morgan fingerprint density at radius 2 is 0.769 bits per heavy atom. The Hall–Kier alpha value is -7.04. The van der Waals surface area contributed by atoms with Crippen molar-refractivity contribution in [2.45, 2.75) is 0 Å². The van der Waals surface area contributed by atoms with Gasteiger partial charge in [0.1, 0.15) is 11.2 Å². The molecule has 0 spiro atoms. The Labute approximate surface area is 296 Å². The van der Waals surface area contributed by atoms with Crippen molar-refractivity contribution >= 4 is 87.5 Å². The van der Waals surface area contributed by atoms with Gasteiger partial charge < -0.3 is 18.0 Å². The van der Waals surface area contributed by atoms with Crippen molar-refractivity contribution in [2.75, 3.05) is 0 Å². The molecule has 0 aliphatic heterocycles. The van der Waals surface area contributed by atoms with Gasteiger partial charge in [0.05, 0.1) is 22.1 Å². The summed E-state index contributed by atoms with van der Waals surface area (Å²) in [6, 6.07) is 60.6. The lowest BCUT2D eigenvalue weighted by atomic mass is 10.0. The van der Waals surface area contributed by atoms with Crippen LogP contribution in [0.5, 0.6) is 0 Å². The maximum absolute atomic E-state index is 6.69. The zero-order valence-corrected chi connectivity index (χ0v) is 27.9. The second-order valence-electron chi connectivity index (χ2n) is 13.7. The maximum Gasteiger partial charge on any atom is 0.178 e. The minimum atomic E-state index is 0.776. The highest BCUT2D eigenvalue weighted by Gasteiger charge is 2.19. The Balaban J connectivity index is 0.997. The predicted molar refractivity (Wildman–Crippen MR) is 215 cm³/mol. The fourth-order valence-electron chi connectivity index (χ4n) is 8.60. The predicted octanol–water partition coefficient (Wildman–Crippen LogP) is 13.3. The van der Waals surface area contributed by atoms with Gasteiger partial charge in [0.2, 0.25) is 0 Å². The Bertz CT molecular complexity index is 3320. The molecular weight excluding hydrogens is 637 g/mol.